The molecular formula is C20H23NO. The third kappa shape index (κ3) is 5.06. The minimum atomic E-state index is -0.220. The minimum Gasteiger partial charge on any atom is -0.348 e. The van der Waals surface area contributed by atoms with Gasteiger partial charge in [-0.25, -0.2) is 0 Å². The maximum atomic E-state index is 12.4. The lowest BCUT2D eigenvalue weighted by molar-refractivity contribution is -0.129. The Hall–Kier alpha value is -2.61. The van der Waals surface area contributed by atoms with E-state index in [2.05, 4.69) is 13.2 Å². The molecular weight excluding hydrogens is 270 g/mol. The molecule has 2 rings (SSSR count). The largest absolute Gasteiger partial charge is 0.348 e. The summed E-state index contributed by atoms with van der Waals surface area (Å²) in [6.07, 6.45) is 3.28. The second-order valence-corrected chi connectivity index (χ2v) is 4.96. The SMILES string of the molecule is C=CC=C.CN(C)C(=O)C(c1ccccc1)c1ccccc1. The van der Waals surface area contributed by atoms with Crippen LogP contribution in [-0.4, -0.2) is 24.9 Å². The number of hydrogen-bond acceptors (Lipinski definition) is 1. The summed E-state index contributed by atoms with van der Waals surface area (Å²) in [7, 11) is 3.59. The molecule has 0 radical (unpaired) electrons. The van der Waals surface area contributed by atoms with E-state index in [9.17, 15) is 4.79 Å². The first-order valence-corrected chi connectivity index (χ1v) is 7.16. The highest BCUT2D eigenvalue weighted by molar-refractivity contribution is 5.86. The lowest BCUT2D eigenvalue weighted by atomic mass is 9.90. The van der Waals surface area contributed by atoms with Crippen molar-refractivity contribution in [3.8, 4) is 0 Å². The molecule has 0 saturated heterocycles. The van der Waals surface area contributed by atoms with Crippen LogP contribution in [0.5, 0.6) is 0 Å². The van der Waals surface area contributed by atoms with Crippen molar-refractivity contribution in [2.24, 2.45) is 0 Å². The van der Waals surface area contributed by atoms with Gasteiger partial charge in [0.05, 0.1) is 5.92 Å². The van der Waals surface area contributed by atoms with Gasteiger partial charge in [-0.15, -0.1) is 0 Å². The lowest BCUT2D eigenvalue weighted by Gasteiger charge is -2.21. The van der Waals surface area contributed by atoms with Crippen LogP contribution in [0, 0.1) is 0 Å². The topological polar surface area (TPSA) is 20.3 Å². The predicted octanol–water partition coefficient (Wildman–Crippen LogP) is 4.27. The fraction of sp³-hybridized carbons (Fsp3) is 0.150. The molecule has 2 heteroatoms. The Morgan fingerprint density at radius 1 is 0.864 bits per heavy atom. The molecule has 2 aromatic carbocycles. The van der Waals surface area contributed by atoms with Crippen molar-refractivity contribution in [3.63, 3.8) is 0 Å². The van der Waals surface area contributed by atoms with E-state index < -0.39 is 0 Å². The van der Waals surface area contributed by atoms with Gasteiger partial charge in [0, 0.05) is 14.1 Å². The Balaban J connectivity index is 0.000000541. The first-order valence-electron chi connectivity index (χ1n) is 7.16. The number of nitrogens with zero attached hydrogens (tertiary/aromatic N) is 1. The number of allylic oxidation sites excluding steroid dienone is 2. The first-order chi connectivity index (χ1) is 10.6. The monoisotopic (exact) mass is 293 g/mol. The molecule has 0 aliphatic heterocycles. The molecule has 0 aromatic heterocycles. The smallest absolute Gasteiger partial charge is 0.234 e. The normalized spacial score (nSPS) is 9.41. The third-order valence-corrected chi connectivity index (χ3v) is 3.12. The fourth-order valence-electron chi connectivity index (χ4n) is 2.03. The maximum absolute atomic E-state index is 12.4. The van der Waals surface area contributed by atoms with Crippen LogP contribution < -0.4 is 0 Å². The maximum Gasteiger partial charge on any atom is 0.234 e. The van der Waals surface area contributed by atoms with E-state index in [0.29, 0.717) is 0 Å². The average Bonchev–Trinajstić information content (AvgIpc) is 2.57. The fourth-order valence-corrected chi connectivity index (χ4v) is 2.03. The van der Waals surface area contributed by atoms with Crippen molar-refractivity contribution in [1.29, 1.82) is 0 Å². The molecule has 1 amide bonds. The van der Waals surface area contributed by atoms with E-state index in [1.165, 1.54) is 0 Å². The van der Waals surface area contributed by atoms with Gasteiger partial charge in [0.15, 0.2) is 0 Å². The molecule has 0 unspecified atom stereocenters. The zero-order chi connectivity index (χ0) is 16.4. The zero-order valence-corrected chi connectivity index (χ0v) is 13.3. The second-order valence-electron chi connectivity index (χ2n) is 4.96. The molecule has 0 aliphatic rings. The zero-order valence-electron chi connectivity index (χ0n) is 13.3. The van der Waals surface area contributed by atoms with E-state index in [0.717, 1.165) is 11.1 Å². The van der Waals surface area contributed by atoms with Gasteiger partial charge in [0.1, 0.15) is 0 Å². The summed E-state index contributed by atoms with van der Waals surface area (Å²) in [6, 6.07) is 19.8. The average molecular weight is 293 g/mol. The van der Waals surface area contributed by atoms with Crippen LogP contribution in [0.4, 0.5) is 0 Å². The summed E-state index contributed by atoms with van der Waals surface area (Å²) in [5.74, 6) is -0.116. The van der Waals surface area contributed by atoms with Gasteiger partial charge >= 0.3 is 0 Å². The van der Waals surface area contributed by atoms with E-state index in [1.807, 2.05) is 60.7 Å². The van der Waals surface area contributed by atoms with Crippen molar-refractivity contribution in [3.05, 3.63) is 97.1 Å². The molecule has 0 saturated carbocycles. The summed E-state index contributed by atoms with van der Waals surface area (Å²) in [5, 5.41) is 0. The molecule has 0 bridgehead atoms. The number of carbonyl (C=O) groups excluding carboxylic acids is 1. The van der Waals surface area contributed by atoms with Gasteiger partial charge in [0.25, 0.3) is 0 Å². The summed E-state index contributed by atoms with van der Waals surface area (Å²) in [4.78, 5) is 14.0. The van der Waals surface area contributed by atoms with Crippen LogP contribution in [0.3, 0.4) is 0 Å². The van der Waals surface area contributed by atoms with Crippen LogP contribution in [0.2, 0.25) is 0 Å². The van der Waals surface area contributed by atoms with Crippen LogP contribution >= 0.6 is 0 Å². The number of hydrogen-bond donors (Lipinski definition) is 0. The Morgan fingerprint density at radius 3 is 1.50 bits per heavy atom. The third-order valence-electron chi connectivity index (χ3n) is 3.12. The van der Waals surface area contributed by atoms with Crippen molar-refractivity contribution < 1.29 is 4.79 Å². The molecule has 114 valence electrons. The number of carbonyl (C=O) groups is 1. The standard InChI is InChI=1S/C16H17NO.C4H6/c1-17(2)16(18)15(13-9-5-3-6-10-13)14-11-7-4-8-12-14;1-3-4-2/h3-12,15H,1-2H3;3-4H,1-2H2. The summed E-state index contributed by atoms with van der Waals surface area (Å²) in [6.45, 7) is 6.72. The number of likely N-dealkylation sites (N-methyl/N-ethyl adjacent to an activating group) is 1. The van der Waals surface area contributed by atoms with Gasteiger partial charge in [0.2, 0.25) is 5.91 Å². The van der Waals surface area contributed by atoms with Gasteiger partial charge < -0.3 is 4.90 Å². The highest BCUT2D eigenvalue weighted by atomic mass is 16.2. The van der Waals surface area contributed by atoms with Crippen molar-refractivity contribution >= 4 is 5.91 Å². The van der Waals surface area contributed by atoms with Crippen LogP contribution in [-0.2, 0) is 4.79 Å². The van der Waals surface area contributed by atoms with Crippen molar-refractivity contribution in [2.75, 3.05) is 14.1 Å². The van der Waals surface area contributed by atoms with Gasteiger partial charge in [-0.1, -0.05) is 86.0 Å². The molecule has 0 N–H and O–H groups in total. The molecule has 0 atom stereocenters. The molecule has 0 heterocycles. The predicted molar refractivity (Wildman–Crippen MR) is 93.8 cm³/mol. The highest BCUT2D eigenvalue weighted by Gasteiger charge is 2.23. The van der Waals surface area contributed by atoms with Crippen molar-refractivity contribution in [2.45, 2.75) is 5.92 Å². The lowest BCUT2D eigenvalue weighted by Crippen LogP contribution is -2.28. The molecule has 0 aliphatic carbocycles. The summed E-state index contributed by atoms with van der Waals surface area (Å²) < 4.78 is 0. The Morgan fingerprint density at radius 2 is 1.23 bits per heavy atom. The van der Waals surface area contributed by atoms with Gasteiger partial charge in [-0.3, -0.25) is 4.79 Å². The number of amides is 1. The molecule has 0 fully saturated rings. The van der Waals surface area contributed by atoms with E-state index in [1.54, 1.807) is 31.1 Å². The quantitative estimate of drug-likeness (QED) is 0.771. The van der Waals surface area contributed by atoms with E-state index >= 15 is 0 Å². The number of rotatable bonds is 4. The molecule has 2 aromatic rings. The second kappa shape index (κ2) is 9.35. The highest BCUT2D eigenvalue weighted by Crippen LogP contribution is 2.25. The van der Waals surface area contributed by atoms with Crippen LogP contribution in [0.15, 0.2) is 86.0 Å². The van der Waals surface area contributed by atoms with Crippen LogP contribution in [0.25, 0.3) is 0 Å². The van der Waals surface area contributed by atoms with Gasteiger partial charge in [-0.05, 0) is 11.1 Å². The van der Waals surface area contributed by atoms with E-state index in [-0.39, 0.29) is 11.8 Å². The van der Waals surface area contributed by atoms with E-state index in [4.69, 9.17) is 0 Å². The Bertz CT molecular complexity index is 542. The summed E-state index contributed by atoms with van der Waals surface area (Å²) >= 11 is 0. The molecule has 22 heavy (non-hydrogen) atoms. The minimum absolute atomic E-state index is 0.104. The molecule has 2 nitrogen and oxygen atoms in total. The Labute approximate surface area is 133 Å². The molecule has 0 spiro atoms. The Kier molecular flexibility index (Phi) is 7.41. The van der Waals surface area contributed by atoms with Gasteiger partial charge in [-0.2, -0.15) is 0 Å². The summed E-state index contributed by atoms with van der Waals surface area (Å²) in [5.41, 5.74) is 2.06. The van der Waals surface area contributed by atoms with Crippen molar-refractivity contribution in [1.82, 2.24) is 4.90 Å². The number of benzene rings is 2. The first kappa shape index (κ1) is 17.4. The van der Waals surface area contributed by atoms with Crippen LogP contribution in [0.1, 0.15) is 17.0 Å².